The van der Waals surface area contributed by atoms with Gasteiger partial charge in [0.2, 0.25) is 0 Å². The number of methoxy groups -OCH3 is 1. The van der Waals surface area contributed by atoms with E-state index in [0.29, 0.717) is 13.2 Å². The zero-order chi connectivity index (χ0) is 13.0. The van der Waals surface area contributed by atoms with E-state index in [0.717, 1.165) is 28.6 Å². The van der Waals surface area contributed by atoms with Gasteiger partial charge in [-0.25, -0.2) is 0 Å². The summed E-state index contributed by atoms with van der Waals surface area (Å²) in [6, 6.07) is 5.89. The minimum Gasteiger partial charge on any atom is -0.497 e. The molecule has 0 saturated heterocycles. The minimum absolute atomic E-state index is 0.106. The van der Waals surface area contributed by atoms with E-state index in [1.54, 1.807) is 7.11 Å². The number of benzene rings is 1. The summed E-state index contributed by atoms with van der Waals surface area (Å²) < 4.78 is 12.0. The molecular weight excluding hydrogens is 294 g/mol. The number of halogens is 1. The number of rotatable bonds is 5. The summed E-state index contributed by atoms with van der Waals surface area (Å²) in [5.41, 5.74) is 7.24. The van der Waals surface area contributed by atoms with Gasteiger partial charge in [-0.15, -0.1) is 0 Å². The smallest absolute Gasteiger partial charge is 0.119 e. The summed E-state index contributed by atoms with van der Waals surface area (Å²) >= 11 is 3.52. The molecule has 3 nitrogen and oxygen atoms in total. The Morgan fingerprint density at radius 3 is 2.72 bits per heavy atom. The molecule has 0 aromatic heterocycles. The first kappa shape index (κ1) is 13.8. The molecule has 0 bridgehead atoms. The molecule has 100 valence electrons. The van der Waals surface area contributed by atoms with Crippen molar-refractivity contribution in [1.29, 1.82) is 0 Å². The van der Waals surface area contributed by atoms with E-state index in [1.165, 1.54) is 12.8 Å². The van der Waals surface area contributed by atoms with Crippen molar-refractivity contribution in [2.45, 2.75) is 37.8 Å². The molecular formula is C14H20BrNO2. The molecule has 2 rings (SSSR count). The number of nitrogens with two attached hydrogens (primary N) is 1. The lowest BCUT2D eigenvalue weighted by Crippen LogP contribution is -2.41. The topological polar surface area (TPSA) is 44.5 Å². The SMILES string of the molecule is COc1ccc(Br)c(COCC2(N)CCCC2)c1. The van der Waals surface area contributed by atoms with Gasteiger partial charge in [-0.2, -0.15) is 0 Å². The molecule has 0 radical (unpaired) electrons. The predicted molar refractivity (Wildman–Crippen MR) is 75.7 cm³/mol. The standard InChI is InChI=1S/C14H20BrNO2/c1-17-12-4-5-13(15)11(8-12)9-18-10-14(16)6-2-3-7-14/h4-5,8H,2-3,6-7,9-10,16H2,1H3. The molecule has 0 atom stereocenters. The van der Waals surface area contributed by atoms with Crippen LogP contribution in [0.15, 0.2) is 22.7 Å². The first-order valence-corrected chi connectivity index (χ1v) is 7.11. The van der Waals surface area contributed by atoms with Crippen LogP contribution in [0.1, 0.15) is 31.2 Å². The monoisotopic (exact) mass is 313 g/mol. The van der Waals surface area contributed by atoms with Gasteiger partial charge in [0.1, 0.15) is 5.75 Å². The van der Waals surface area contributed by atoms with E-state index in [-0.39, 0.29) is 5.54 Å². The van der Waals surface area contributed by atoms with Crippen molar-refractivity contribution in [2.75, 3.05) is 13.7 Å². The average molecular weight is 314 g/mol. The van der Waals surface area contributed by atoms with E-state index in [2.05, 4.69) is 15.9 Å². The maximum Gasteiger partial charge on any atom is 0.119 e. The lowest BCUT2D eigenvalue weighted by atomic mass is 10.0. The molecule has 1 aromatic rings. The van der Waals surface area contributed by atoms with Crippen LogP contribution >= 0.6 is 15.9 Å². The Labute approximate surface area is 117 Å². The van der Waals surface area contributed by atoms with Crippen LogP contribution in [-0.2, 0) is 11.3 Å². The van der Waals surface area contributed by atoms with Gasteiger partial charge in [0.15, 0.2) is 0 Å². The minimum atomic E-state index is -0.106. The first-order valence-electron chi connectivity index (χ1n) is 6.32. The van der Waals surface area contributed by atoms with Gasteiger partial charge in [-0.05, 0) is 36.6 Å². The van der Waals surface area contributed by atoms with E-state index >= 15 is 0 Å². The van der Waals surface area contributed by atoms with Crippen molar-refractivity contribution in [2.24, 2.45) is 5.73 Å². The van der Waals surface area contributed by atoms with Crippen molar-refractivity contribution < 1.29 is 9.47 Å². The Morgan fingerprint density at radius 2 is 2.06 bits per heavy atom. The Hall–Kier alpha value is -0.580. The molecule has 1 aliphatic rings. The van der Waals surface area contributed by atoms with Gasteiger partial charge >= 0.3 is 0 Å². The molecule has 0 unspecified atom stereocenters. The Bertz CT molecular complexity index is 403. The molecule has 2 N–H and O–H groups in total. The maximum absolute atomic E-state index is 6.26. The van der Waals surface area contributed by atoms with Crippen LogP contribution in [0, 0.1) is 0 Å². The highest BCUT2D eigenvalue weighted by Crippen LogP contribution is 2.28. The fourth-order valence-electron chi connectivity index (χ4n) is 2.38. The van der Waals surface area contributed by atoms with Crippen LogP contribution in [0.5, 0.6) is 5.75 Å². The Balaban J connectivity index is 1.89. The van der Waals surface area contributed by atoms with Crippen LogP contribution in [0.2, 0.25) is 0 Å². The number of ether oxygens (including phenoxy) is 2. The van der Waals surface area contributed by atoms with E-state index < -0.39 is 0 Å². The van der Waals surface area contributed by atoms with E-state index in [4.69, 9.17) is 15.2 Å². The van der Waals surface area contributed by atoms with Gasteiger partial charge in [0.25, 0.3) is 0 Å². The van der Waals surface area contributed by atoms with Crippen LogP contribution in [0.4, 0.5) is 0 Å². The summed E-state index contributed by atoms with van der Waals surface area (Å²) in [6.45, 7) is 1.20. The molecule has 1 fully saturated rings. The third kappa shape index (κ3) is 3.46. The van der Waals surface area contributed by atoms with Crippen LogP contribution < -0.4 is 10.5 Å². The molecule has 18 heavy (non-hydrogen) atoms. The molecule has 0 heterocycles. The van der Waals surface area contributed by atoms with Crippen molar-refractivity contribution in [1.82, 2.24) is 0 Å². The quantitative estimate of drug-likeness (QED) is 0.907. The second-order valence-corrected chi connectivity index (χ2v) is 5.87. The molecule has 0 amide bonds. The van der Waals surface area contributed by atoms with Crippen LogP contribution in [0.25, 0.3) is 0 Å². The summed E-state index contributed by atoms with van der Waals surface area (Å²) in [5.74, 6) is 0.847. The summed E-state index contributed by atoms with van der Waals surface area (Å²) in [7, 11) is 1.67. The fourth-order valence-corrected chi connectivity index (χ4v) is 2.74. The molecule has 1 aliphatic carbocycles. The lowest BCUT2D eigenvalue weighted by Gasteiger charge is -2.23. The first-order chi connectivity index (χ1) is 8.63. The second kappa shape index (κ2) is 6.04. The van der Waals surface area contributed by atoms with Crippen molar-refractivity contribution in [3.05, 3.63) is 28.2 Å². The lowest BCUT2D eigenvalue weighted by molar-refractivity contribution is 0.0747. The fraction of sp³-hybridized carbons (Fsp3) is 0.571. The van der Waals surface area contributed by atoms with Gasteiger partial charge in [-0.1, -0.05) is 28.8 Å². The predicted octanol–water partition coefficient (Wildman–Crippen LogP) is 3.25. The van der Waals surface area contributed by atoms with Crippen molar-refractivity contribution in [3.8, 4) is 5.75 Å². The highest BCUT2D eigenvalue weighted by Gasteiger charge is 2.29. The zero-order valence-electron chi connectivity index (χ0n) is 10.7. The summed E-state index contributed by atoms with van der Waals surface area (Å²) in [5, 5.41) is 0. The average Bonchev–Trinajstić information content (AvgIpc) is 2.79. The molecule has 1 aromatic carbocycles. The zero-order valence-corrected chi connectivity index (χ0v) is 12.3. The van der Waals surface area contributed by atoms with Gasteiger partial charge in [0.05, 0.1) is 20.3 Å². The van der Waals surface area contributed by atoms with Gasteiger partial charge < -0.3 is 15.2 Å². The Morgan fingerprint density at radius 1 is 1.33 bits per heavy atom. The highest BCUT2D eigenvalue weighted by atomic mass is 79.9. The third-order valence-corrected chi connectivity index (χ3v) is 4.27. The van der Waals surface area contributed by atoms with Crippen molar-refractivity contribution in [3.63, 3.8) is 0 Å². The molecule has 4 heteroatoms. The number of hydrogen-bond donors (Lipinski definition) is 1. The highest BCUT2D eigenvalue weighted by molar-refractivity contribution is 9.10. The third-order valence-electron chi connectivity index (χ3n) is 3.50. The largest absolute Gasteiger partial charge is 0.497 e. The molecule has 1 saturated carbocycles. The number of hydrogen-bond acceptors (Lipinski definition) is 3. The molecule has 0 spiro atoms. The van der Waals surface area contributed by atoms with Gasteiger partial charge in [-0.3, -0.25) is 0 Å². The van der Waals surface area contributed by atoms with E-state index in [9.17, 15) is 0 Å². The van der Waals surface area contributed by atoms with Crippen LogP contribution in [-0.4, -0.2) is 19.3 Å². The van der Waals surface area contributed by atoms with Crippen LogP contribution in [0.3, 0.4) is 0 Å². The summed E-state index contributed by atoms with van der Waals surface area (Å²) in [6.07, 6.45) is 4.60. The normalized spacial score (nSPS) is 17.9. The molecule has 0 aliphatic heterocycles. The van der Waals surface area contributed by atoms with Gasteiger partial charge in [0, 0.05) is 10.0 Å². The summed E-state index contributed by atoms with van der Waals surface area (Å²) in [4.78, 5) is 0. The van der Waals surface area contributed by atoms with Crippen molar-refractivity contribution >= 4 is 15.9 Å². The van der Waals surface area contributed by atoms with E-state index in [1.807, 2.05) is 18.2 Å². The Kier molecular flexibility index (Phi) is 4.65. The maximum atomic E-state index is 6.26. The second-order valence-electron chi connectivity index (χ2n) is 5.02.